The minimum atomic E-state index is -1.38. The molecule has 1 rings (SSSR count). The van der Waals surface area contributed by atoms with Gasteiger partial charge in [0, 0.05) is 5.56 Å². The topological polar surface area (TPSA) is 65.0 Å². The predicted octanol–water partition coefficient (Wildman–Crippen LogP) is 1.61. The molecule has 0 heterocycles. The van der Waals surface area contributed by atoms with E-state index in [1.807, 2.05) is 6.92 Å². The lowest BCUT2D eigenvalue weighted by molar-refractivity contribution is -0.153. The lowest BCUT2D eigenvalue weighted by atomic mass is 10.0. The van der Waals surface area contributed by atoms with Crippen molar-refractivity contribution in [1.82, 2.24) is 0 Å². The molecule has 0 fully saturated rings. The Morgan fingerprint density at radius 3 is 2.39 bits per heavy atom. The Morgan fingerprint density at radius 2 is 1.89 bits per heavy atom. The average molecular weight is 254 g/mol. The molecule has 18 heavy (non-hydrogen) atoms. The van der Waals surface area contributed by atoms with Gasteiger partial charge in [0.05, 0.1) is 20.8 Å². The Bertz CT molecular complexity index is 428. The number of ether oxygens (including phenoxy) is 3. The Balaban J connectivity index is 3.20. The van der Waals surface area contributed by atoms with Gasteiger partial charge in [0.25, 0.3) is 0 Å². The fourth-order valence-corrected chi connectivity index (χ4v) is 1.70. The van der Waals surface area contributed by atoms with Crippen LogP contribution < -0.4 is 9.47 Å². The van der Waals surface area contributed by atoms with E-state index in [1.54, 1.807) is 19.1 Å². The van der Waals surface area contributed by atoms with Crippen LogP contribution in [0.1, 0.15) is 24.2 Å². The maximum absolute atomic E-state index is 11.5. The summed E-state index contributed by atoms with van der Waals surface area (Å²) in [7, 11) is 2.96. The largest absolute Gasteiger partial charge is 0.493 e. The lowest BCUT2D eigenvalue weighted by Crippen LogP contribution is -2.16. The zero-order chi connectivity index (χ0) is 13.7. The Labute approximate surface area is 106 Å². The summed E-state index contributed by atoms with van der Waals surface area (Å²) in [6.45, 7) is 3.74. The molecule has 100 valence electrons. The van der Waals surface area contributed by atoms with Gasteiger partial charge in [0.15, 0.2) is 17.6 Å². The Hall–Kier alpha value is -1.75. The molecular weight excluding hydrogens is 236 g/mol. The van der Waals surface area contributed by atoms with Crippen molar-refractivity contribution in [3.05, 3.63) is 23.3 Å². The lowest BCUT2D eigenvalue weighted by Gasteiger charge is -2.17. The van der Waals surface area contributed by atoms with Gasteiger partial charge in [-0.2, -0.15) is 0 Å². The molecular formula is C13H18O5. The quantitative estimate of drug-likeness (QED) is 0.809. The van der Waals surface area contributed by atoms with Crippen molar-refractivity contribution in [2.75, 3.05) is 20.8 Å². The highest BCUT2D eigenvalue weighted by Crippen LogP contribution is 2.37. The highest BCUT2D eigenvalue weighted by molar-refractivity contribution is 5.78. The summed E-state index contributed by atoms with van der Waals surface area (Å²) in [6.07, 6.45) is -1.38. The first-order valence-corrected chi connectivity index (χ1v) is 5.63. The maximum atomic E-state index is 11.5. The first-order chi connectivity index (χ1) is 8.56. The van der Waals surface area contributed by atoms with Gasteiger partial charge in [-0.05, 0) is 19.4 Å². The molecule has 0 spiro atoms. The summed E-state index contributed by atoms with van der Waals surface area (Å²) in [4.78, 5) is 11.5. The van der Waals surface area contributed by atoms with Crippen molar-refractivity contribution in [2.45, 2.75) is 20.0 Å². The van der Waals surface area contributed by atoms with Crippen LogP contribution in [0.3, 0.4) is 0 Å². The molecule has 0 saturated carbocycles. The molecule has 0 aliphatic carbocycles. The molecule has 0 amide bonds. The molecule has 0 radical (unpaired) electrons. The SMILES string of the molecule is CCOC(=O)C(O)c1ccc(C)c(OC)c1OC. The van der Waals surface area contributed by atoms with E-state index >= 15 is 0 Å². The van der Waals surface area contributed by atoms with Crippen molar-refractivity contribution in [1.29, 1.82) is 0 Å². The number of benzene rings is 1. The van der Waals surface area contributed by atoms with Crippen LogP contribution in [0.15, 0.2) is 12.1 Å². The van der Waals surface area contributed by atoms with E-state index in [0.717, 1.165) is 5.56 Å². The second kappa shape index (κ2) is 6.26. The van der Waals surface area contributed by atoms with E-state index in [4.69, 9.17) is 14.2 Å². The average Bonchev–Trinajstić information content (AvgIpc) is 2.37. The van der Waals surface area contributed by atoms with Crippen LogP contribution in [0.5, 0.6) is 11.5 Å². The molecule has 0 aliphatic rings. The first kappa shape index (κ1) is 14.3. The number of aliphatic hydroxyl groups is 1. The smallest absolute Gasteiger partial charge is 0.339 e. The molecule has 0 saturated heterocycles. The summed E-state index contributed by atoms with van der Waals surface area (Å²) in [6, 6.07) is 3.37. The molecule has 0 aromatic heterocycles. The van der Waals surface area contributed by atoms with Gasteiger partial charge < -0.3 is 19.3 Å². The van der Waals surface area contributed by atoms with Crippen LogP contribution in [-0.2, 0) is 9.53 Å². The second-order valence-electron chi connectivity index (χ2n) is 3.69. The molecule has 1 aromatic rings. The fraction of sp³-hybridized carbons (Fsp3) is 0.462. The summed E-state index contributed by atoms with van der Waals surface area (Å²) >= 11 is 0. The Morgan fingerprint density at radius 1 is 1.28 bits per heavy atom. The third-order valence-corrected chi connectivity index (χ3v) is 2.55. The number of hydrogen-bond acceptors (Lipinski definition) is 5. The van der Waals surface area contributed by atoms with E-state index in [-0.39, 0.29) is 6.61 Å². The van der Waals surface area contributed by atoms with Gasteiger partial charge in [-0.25, -0.2) is 4.79 Å². The van der Waals surface area contributed by atoms with Crippen LogP contribution in [0.25, 0.3) is 0 Å². The van der Waals surface area contributed by atoms with Gasteiger partial charge in [0.1, 0.15) is 0 Å². The standard InChI is InChI=1S/C13H18O5/c1-5-18-13(15)10(14)9-7-6-8(2)11(16-3)12(9)17-4/h6-7,10,14H,5H2,1-4H3. The van der Waals surface area contributed by atoms with Crippen LogP contribution in [0.2, 0.25) is 0 Å². The van der Waals surface area contributed by atoms with Crippen LogP contribution in [-0.4, -0.2) is 31.9 Å². The van der Waals surface area contributed by atoms with Crippen molar-refractivity contribution >= 4 is 5.97 Å². The normalized spacial score (nSPS) is 11.8. The molecule has 0 aliphatic heterocycles. The molecule has 1 N–H and O–H groups in total. The highest BCUT2D eigenvalue weighted by Gasteiger charge is 2.25. The number of aliphatic hydroxyl groups excluding tert-OH is 1. The molecule has 1 atom stereocenters. The zero-order valence-electron chi connectivity index (χ0n) is 11.0. The van der Waals surface area contributed by atoms with E-state index in [2.05, 4.69) is 0 Å². The van der Waals surface area contributed by atoms with Gasteiger partial charge in [-0.1, -0.05) is 12.1 Å². The van der Waals surface area contributed by atoms with E-state index < -0.39 is 12.1 Å². The van der Waals surface area contributed by atoms with Crippen molar-refractivity contribution in [3.63, 3.8) is 0 Å². The zero-order valence-corrected chi connectivity index (χ0v) is 11.0. The maximum Gasteiger partial charge on any atom is 0.339 e. The first-order valence-electron chi connectivity index (χ1n) is 5.63. The van der Waals surface area contributed by atoms with Crippen LogP contribution in [0.4, 0.5) is 0 Å². The van der Waals surface area contributed by atoms with E-state index in [9.17, 15) is 9.90 Å². The third kappa shape index (κ3) is 2.73. The number of carbonyl (C=O) groups excluding carboxylic acids is 1. The second-order valence-corrected chi connectivity index (χ2v) is 3.69. The molecule has 5 nitrogen and oxygen atoms in total. The molecule has 1 aromatic carbocycles. The summed E-state index contributed by atoms with van der Waals surface area (Å²) < 4.78 is 15.2. The number of methoxy groups -OCH3 is 2. The highest BCUT2D eigenvalue weighted by atomic mass is 16.5. The fourth-order valence-electron chi connectivity index (χ4n) is 1.70. The van der Waals surface area contributed by atoms with Gasteiger partial charge in [-0.15, -0.1) is 0 Å². The van der Waals surface area contributed by atoms with Gasteiger partial charge >= 0.3 is 5.97 Å². The molecule has 5 heteroatoms. The van der Waals surface area contributed by atoms with Crippen LogP contribution in [0, 0.1) is 6.92 Å². The number of aryl methyl sites for hydroxylation is 1. The van der Waals surface area contributed by atoms with Gasteiger partial charge in [-0.3, -0.25) is 0 Å². The minimum absolute atomic E-state index is 0.210. The molecule has 1 unspecified atom stereocenters. The monoisotopic (exact) mass is 254 g/mol. The number of carbonyl (C=O) groups is 1. The predicted molar refractivity (Wildman–Crippen MR) is 65.9 cm³/mol. The number of esters is 1. The third-order valence-electron chi connectivity index (χ3n) is 2.55. The van der Waals surface area contributed by atoms with Crippen molar-refractivity contribution in [3.8, 4) is 11.5 Å². The summed E-state index contributed by atoms with van der Waals surface area (Å²) in [5, 5.41) is 9.93. The van der Waals surface area contributed by atoms with Crippen molar-refractivity contribution < 1.29 is 24.1 Å². The van der Waals surface area contributed by atoms with Gasteiger partial charge in [0.2, 0.25) is 0 Å². The summed E-state index contributed by atoms with van der Waals surface area (Å²) in [5.74, 6) is 0.137. The summed E-state index contributed by atoms with van der Waals surface area (Å²) in [5.41, 5.74) is 1.19. The number of hydrogen-bond donors (Lipinski definition) is 1. The minimum Gasteiger partial charge on any atom is -0.493 e. The van der Waals surface area contributed by atoms with E-state index in [0.29, 0.717) is 17.1 Å². The van der Waals surface area contributed by atoms with Crippen LogP contribution >= 0.6 is 0 Å². The molecule has 0 bridgehead atoms. The number of rotatable bonds is 5. The van der Waals surface area contributed by atoms with Crippen molar-refractivity contribution in [2.24, 2.45) is 0 Å². The van der Waals surface area contributed by atoms with E-state index in [1.165, 1.54) is 14.2 Å². The Kier molecular flexibility index (Phi) is 4.97.